The maximum atomic E-state index is 5.23. The number of aromatic nitrogens is 2. The van der Waals surface area contributed by atoms with Gasteiger partial charge in [-0.1, -0.05) is 20.8 Å². The topological polar surface area (TPSA) is 20.7 Å². The van der Waals surface area contributed by atoms with Crippen molar-refractivity contribution in [3.05, 3.63) is 17.2 Å². The van der Waals surface area contributed by atoms with E-state index in [1.54, 1.807) is 0 Å². The summed E-state index contributed by atoms with van der Waals surface area (Å²) < 4.78 is 2.94. The summed E-state index contributed by atoms with van der Waals surface area (Å²) >= 11 is 5.23. The predicted octanol–water partition coefficient (Wildman–Crippen LogP) is 3.72. The van der Waals surface area contributed by atoms with Crippen molar-refractivity contribution in [2.45, 2.75) is 46.6 Å². The van der Waals surface area contributed by atoms with Crippen molar-refractivity contribution in [3.8, 4) is 0 Å². The van der Waals surface area contributed by atoms with E-state index in [9.17, 15) is 0 Å². The van der Waals surface area contributed by atoms with Crippen molar-refractivity contribution in [3.63, 3.8) is 0 Å². The van der Waals surface area contributed by atoms with Crippen LogP contribution in [0.15, 0.2) is 12.4 Å². The fourth-order valence-corrected chi connectivity index (χ4v) is 2.56. The summed E-state index contributed by atoms with van der Waals surface area (Å²) in [5, 5.41) is 0. The molecule has 1 rings (SSSR count). The lowest BCUT2D eigenvalue weighted by molar-refractivity contribution is 0.213. The first-order chi connectivity index (χ1) is 6.22. The van der Waals surface area contributed by atoms with Gasteiger partial charge in [0.25, 0.3) is 0 Å². The van der Waals surface area contributed by atoms with Crippen LogP contribution in [0.5, 0.6) is 0 Å². The molecule has 0 amide bonds. The monoisotopic (exact) mass is 212 g/mol. The van der Waals surface area contributed by atoms with Gasteiger partial charge in [0.1, 0.15) is 0 Å². The Kier molecular flexibility index (Phi) is 2.91. The van der Waals surface area contributed by atoms with Crippen molar-refractivity contribution in [2.75, 3.05) is 0 Å². The molecule has 0 aromatic carbocycles. The summed E-state index contributed by atoms with van der Waals surface area (Å²) in [7, 11) is 0. The first-order valence-corrected chi connectivity index (χ1v) is 5.40. The zero-order valence-corrected chi connectivity index (χ0v) is 10.5. The second-order valence-electron chi connectivity index (χ2n) is 5.69. The van der Waals surface area contributed by atoms with Gasteiger partial charge in [0, 0.05) is 17.9 Å². The summed E-state index contributed by atoms with van der Waals surface area (Å²) in [5.74, 6) is 0. The van der Waals surface area contributed by atoms with Gasteiger partial charge in [-0.05, 0) is 37.9 Å². The molecule has 0 spiro atoms. The zero-order chi connectivity index (χ0) is 11.0. The summed E-state index contributed by atoms with van der Waals surface area (Å²) in [6.45, 7) is 11.2. The van der Waals surface area contributed by atoms with Gasteiger partial charge in [0.15, 0.2) is 4.77 Å². The Bertz CT molecular complexity index is 352. The van der Waals surface area contributed by atoms with E-state index < -0.39 is 0 Å². The van der Waals surface area contributed by atoms with E-state index in [1.807, 2.05) is 12.4 Å². The standard InChI is InChI=1S/C11H20N2S/c1-10(2,3)8-11(4,5)13-7-6-12-9(13)14/h6-7H,8H2,1-5H3,(H,12,14). The largest absolute Gasteiger partial charge is 0.337 e. The van der Waals surface area contributed by atoms with Crippen LogP contribution in [0, 0.1) is 10.2 Å². The molecule has 0 bridgehead atoms. The van der Waals surface area contributed by atoms with E-state index in [-0.39, 0.29) is 5.54 Å². The minimum atomic E-state index is 0.0787. The molecule has 1 N–H and O–H groups in total. The second-order valence-corrected chi connectivity index (χ2v) is 6.07. The van der Waals surface area contributed by atoms with E-state index in [0.29, 0.717) is 5.41 Å². The lowest BCUT2D eigenvalue weighted by Gasteiger charge is -2.33. The minimum absolute atomic E-state index is 0.0787. The lowest BCUT2D eigenvalue weighted by Crippen LogP contribution is -2.31. The Morgan fingerprint density at radius 1 is 1.29 bits per heavy atom. The first kappa shape index (κ1) is 11.5. The number of nitrogens with one attached hydrogen (secondary N) is 1. The third-order valence-electron chi connectivity index (χ3n) is 2.26. The number of nitrogens with zero attached hydrogens (tertiary/aromatic N) is 1. The maximum absolute atomic E-state index is 5.23. The molecule has 80 valence electrons. The Morgan fingerprint density at radius 2 is 1.86 bits per heavy atom. The molecule has 1 heterocycles. The Hall–Kier alpha value is -0.570. The molecule has 14 heavy (non-hydrogen) atoms. The normalized spacial score (nSPS) is 13.2. The summed E-state index contributed by atoms with van der Waals surface area (Å²) in [6, 6.07) is 0. The molecule has 2 nitrogen and oxygen atoms in total. The molecule has 1 aromatic rings. The molecular formula is C11H20N2S. The van der Waals surface area contributed by atoms with Crippen LogP contribution in [0.3, 0.4) is 0 Å². The van der Waals surface area contributed by atoms with Gasteiger partial charge in [-0.15, -0.1) is 0 Å². The van der Waals surface area contributed by atoms with Crippen molar-refractivity contribution in [1.82, 2.24) is 9.55 Å². The van der Waals surface area contributed by atoms with E-state index >= 15 is 0 Å². The number of hydrogen-bond acceptors (Lipinski definition) is 1. The molecule has 1 aromatic heterocycles. The van der Waals surface area contributed by atoms with Gasteiger partial charge in [0.2, 0.25) is 0 Å². The molecule has 0 radical (unpaired) electrons. The fraction of sp³-hybridized carbons (Fsp3) is 0.727. The minimum Gasteiger partial charge on any atom is -0.337 e. The summed E-state index contributed by atoms with van der Waals surface area (Å²) in [4.78, 5) is 3.04. The highest BCUT2D eigenvalue weighted by Gasteiger charge is 2.27. The van der Waals surface area contributed by atoms with Gasteiger partial charge in [-0.2, -0.15) is 0 Å². The van der Waals surface area contributed by atoms with Crippen LogP contribution in [-0.2, 0) is 5.54 Å². The van der Waals surface area contributed by atoms with Gasteiger partial charge < -0.3 is 9.55 Å². The highest BCUT2D eigenvalue weighted by molar-refractivity contribution is 7.71. The van der Waals surface area contributed by atoms with Crippen LogP contribution < -0.4 is 0 Å². The predicted molar refractivity (Wildman–Crippen MR) is 63.0 cm³/mol. The van der Waals surface area contributed by atoms with Gasteiger partial charge in [-0.25, -0.2) is 0 Å². The van der Waals surface area contributed by atoms with Crippen molar-refractivity contribution in [1.29, 1.82) is 0 Å². The molecule has 0 saturated carbocycles. The van der Waals surface area contributed by atoms with Gasteiger partial charge >= 0.3 is 0 Å². The molecule has 0 atom stereocenters. The molecule has 3 heteroatoms. The van der Waals surface area contributed by atoms with Crippen molar-refractivity contribution < 1.29 is 0 Å². The number of aromatic amines is 1. The number of rotatable bonds is 2. The number of hydrogen-bond donors (Lipinski definition) is 1. The molecule has 0 aliphatic rings. The second kappa shape index (κ2) is 3.54. The average Bonchev–Trinajstić information content (AvgIpc) is 2.29. The van der Waals surface area contributed by atoms with Gasteiger partial charge in [0.05, 0.1) is 0 Å². The molecule has 0 unspecified atom stereocenters. The van der Waals surface area contributed by atoms with Crippen molar-refractivity contribution in [2.24, 2.45) is 5.41 Å². The zero-order valence-electron chi connectivity index (χ0n) is 9.72. The van der Waals surface area contributed by atoms with E-state index in [1.165, 1.54) is 0 Å². The third kappa shape index (κ3) is 2.71. The van der Waals surface area contributed by atoms with Crippen LogP contribution in [0.2, 0.25) is 0 Å². The molecular weight excluding hydrogens is 192 g/mol. The highest BCUT2D eigenvalue weighted by atomic mass is 32.1. The SMILES string of the molecule is CC(C)(C)CC(C)(C)n1cc[nH]c1=S. The van der Waals surface area contributed by atoms with Crippen LogP contribution in [0.25, 0.3) is 0 Å². The Labute approximate surface area is 91.3 Å². The van der Waals surface area contributed by atoms with Crippen molar-refractivity contribution >= 4 is 12.2 Å². The first-order valence-electron chi connectivity index (χ1n) is 4.99. The van der Waals surface area contributed by atoms with Gasteiger partial charge in [-0.3, -0.25) is 0 Å². The molecule has 0 saturated heterocycles. The van der Waals surface area contributed by atoms with E-state index in [0.717, 1.165) is 11.2 Å². The Morgan fingerprint density at radius 3 is 2.21 bits per heavy atom. The van der Waals surface area contributed by atoms with E-state index in [4.69, 9.17) is 12.2 Å². The third-order valence-corrected chi connectivity index (χ3v) is 2.58. The maximum Gasteiger partial charge on any atom is 0.177 e. The van der Waals surface area contributed by atoms with E-state index in [2.05, 4.69) is 44.2 Å². The van der Waals surface area contributed by atoms with Crippen LogP contribution >= 0.6 is 12.2 Å². The number of H-pyrrole nitrogens is 1. The lowest BCUT2D eigenvalue weighted by atomic mass is 9.82. The highest BCUT2D eigenvalue weighted by Crippen LogP contribution is 2.32. The summed E-state index contributed by atoms with van der Waals surface area (Å²) in [6.07, 6.45) is 5.02. The Balaban J connectivity index is 2.97. The quantitative estimate of drug-likeness (QED) is 0.741. The van der Waals surface area contributed by atoms with Crippen LogP contribution in [0.4, 0.5) is 0 Å². The molecule has 0 aliphatic heterocycles. The fourth-order valence-electron chi connectivity index (χ4n) is 2.18. The molecule has 0 aliphatic carbocycles. The molecule has 0 fully saturated rings. The van der Waals surface area contributed by atoms with Crippen LogP contribution in [-0.4, -0.2) is 9.55 Å². The smallest absolute Gasteiger partial charge is 0.177 e. The summed E-state index contributed by atoms with van der Waals surface area (Å²) in [5.41, 5.74) is 0.394. The van der Waals surface area contributed by atoms with Crippen LogP contribution in [0.1, 0.15) is 41.0 Å². The average molecular weight is 212 g/mol. The number of imidazole rings is 1.